The third kappa shape index (κ3) is 6.23. The van der Waals surface area contributed by atoms with E-state index < -0.39 is 12.1 Å². The van der Waals surface area contributed by atoms with Gasteiger partial charge in [0.25, 0.3) is 5.91 Å². The Morgan fingerprint density at radius 1 is 1.18 bits per heavy atom. The van der Waals surface area contributed by atoms with Gasteiger partial charge in [-0.3, -0.25) is 9.78 Å². The van der Waals surface area contributed by atoms with Crippen LogP contribution in [0.2, 0.25) is 0 Å². The van der Waals surface area contributed by atoms with E-state index in [9.17, 15) is 9.59 Å². The second kappa shape index (κ2) is 12.2. The lowest BCUT2D eigenvalue weighted by atomic mass is 9.89. The van der Waals surface area contributed by atoms with Crippen molar-refractivity contribution in [3.05, 3.63) is 77.2 Å². The van der Waals surface area contributed by atoms with E-state index in [2.05, 4.69) is 20.2 Å². The zero-order chi connectivity index (χ0) is 26.3. The van der Waals surface area contributed by atoms with Crippen LogP contribution in [0.5, 0.6) is 0 Å². The van der Waals surface area contributed by atoms with Crippen molar-refractivity contribution >= 4 is 12.0 Å². The van der Waals surface area contributed by atoms with Gasteiger partial charge in [0.15, 0.2) is 6.29 Å². The second-order valence-electron chi connectivity index (χ2n) is 9.81. The molecule has 200 valence electrons. The van der Waals surface area contributed by atoms with Gasteiger partial charge in [-0.1, -0.05) is 30.3 Å². The molecule has 0 spiro atoms. The fourth-order valence-corrected chi connectivity index (χ4v) is 5.33. The summed E-state index contributed by atoms with van der Waals surface area (Å²) in [4.78, 5) is 29.1. The van der Waals surface area contributed by atoms with Gasteiger partial charge < -0.3 is 29.8 Å². The topological polar surface area (TPSA) is 115 Å². The summed E-state index contributed by atoms with van der Waals surface area (Å²) < 4.78 is 13.8. The second-order valence-corrected chi connectivity index (χ2v) is 9.81. The Bertz CT molecular complexity index is 1250. The summed E-state index contributed by atoms with van der Waals surface area (Å²) in [6.07, 6.45) is 9.43. The first-order valence-corrected chi connectivity index (χ1v) is 13.3. The van der Waals surface area contributed by atoms with Crippen molar-refractivity contribution in [2.45, 2.75) is 57.4 Å². The maximum Gasteiger partial charge on any atom is 0.404 e. The molecule has 1 saturated heterocycles. The Kier molecular flexibility index (Phi) is 8.35. The van der Waals surface area contributed by atoms with Gasteiger partial charge in [-0.05, 0) is 61.3 Å². The minimum absolute atomic E-state index is 0.114. The first kappa shape index (κ1) is 25.9. The minimum Gasteiger partial charge on any atom is -0.465 e. The highest BCUT2D eigenvalue weighted by atomic mass is 16.7. The molecule has 1 aliphatic heterocycles. The van der Waals surface area contributed by atoms with Gasteiger partial charge in [-0.2, -0.15) is 0 Å². The highest BCUT2D eigenvalue weighted by Crippen LogP contribution is 2.36. The van der Waals surface area contributed by atoms with Crippen molar-refractivity contribution in [3.63, 3.8) is 0 Å². The summed E-state index contributed by atoms with van der Waals surface area (Å²) >= 11 is 0. The van der Waals surface area contributed by atoms with Gasteiger partial charge in [0, 0.05) is 43.9 Å². The molecule has 9 heteroatoms. The number of carbonyl (C=O) groups excluding carboxylic acids is 1. The summed E-state index contributed by atoms with van der Waals surface area (Å²) in [7, 11) is 0. The van der Waals surface area contributed by atoms with Crippen molar-refractivity contribution in [2.75, 3.05) is 19.8 Å². The molecular weight excluding hydrogens is 484 g/mol. The number of ether oxygens (including phenoxy) is 2. The SMILES string of the molecule is O=C(O)NC[C@@H](Cc1ccccc1)NC(=O)c1cn(CCOC2CCCCO2)c2c1CCc1cnccc1-2. The summed E-state index contributed by atoms with van der Waals surface area (Å²) in [5, 5.41) is 14.7. The third-order valence-corrected chi connectivity index (χ3v) is 7.16. The van der Waals surface area contributed by atoms with Crippen molar-refractivity contribution in [3.8, 4) is 11.3 Å². The van der Waals surface area contributed by atoms with Crippen molar-refractivity contribution in [2.24, 2.45) is 0 Å². The van der Waals surface area contributed by atoms with Crippen LogP contribution in [0.25, 0.3) is 11.3 Å². The predicted octanol–water partition coefficient (Wildman–Crippen LogP) is 3.80. The van der Waals surface area contributed by atoms with E-state index >= 15 is 0 Å². The normalized spacial score (nSPS) is 17.2. The van der Waals surface area contributed by atoms with Gasteiger partial charge in [0.1, 0.15) is 0 Å². The van der Waals surface area contributed by atoms with Crippen molar-refractivity contribution in [1.82, 2.24) is 20.2 Å². The largest absolute Gasteiger partial charge is 0.465 e. The van der Waals surface area contributed by atoms with Crippen LogP contribution in [0.15, 0.2) is 55.0 Å². The molecular formula is C29H34N4O5. The lowest BCUT2D eigenvalue weighted by molar-refractivity contribution is -0.163. The highest BCUT2D eigenvalue weighted by Gasteiger charge is 2.28. The van der Waals surface area contributed by atoms with E-state index in [1.807, 2.05) is 48.8 Å². The van der Waals surface area contributed by atoms with Gasteiger partial charge in [-0.25, -0.2) is 4.79 Å². The maximum absolute atomic E-state index is 13.6. The zero-order valence-electron chi connectivity index (χ0n) is 21.4. The standard InChI is InChI=1S/C29H34N4O5/c34-28(32-22(18-31-29(35)36)16-20-6-2-1-3-7-20)25-19-33(13-15-38-26-8-4-5-14-37-26)27-23-11-12-30-17-21(23)9-10-24(25)27/h1-3,6-7,11-12,17,19,22,26,31H,4-5,8-10,13-16,18H2,(H,32,34)(H,35,36)/t22-,26?/m1/s1. The number of fused-ring (bicyclic) bond motifs is 3. The van der Waals surface area contributed by atoms with Crippen LogP contribution in [0, 0.1) is 0 Å². The molecule has 3 aromatic rings. The Morgan fingerprint density at radius 2 is 2.05 bits per heavy atom. The molecule has 1 aliphatic carbocycles. The quantitative estimate of drug-likeness (QED) is 0.376. The first-order valence-electron chi connectivity index (χ1n) is 13.3. The van der Waals surface area contributed by atoms with Crippen LogP contribution < -0.4 is 10.6 Å². The molecule has 0 radical (unpaired) electrons. The first-order chi connectivity index (χ1) is 18.6. The Labute approximate surface area is 222 Å². The van der Waals surface area contributed by atoms with Crippen LogP contribution >= 0.6 is 0 Å². The molecule has 38 heavy (non-hydrogen) atoms. The predicted molar refractivity (Wildman–Crippen MR) is 142 cm³/mol. The third-order valence-electron chi connectivity index (χ3n) is 7.16. The van der Waals surface area contributed by atoms with Gasteiger partial charge in [0.2, 0.25) is 0 Å². The molecule has 2 amide bonds. The van der Waals surface area contributed by atoms with E-state index in [-0.39, 0.29) is 18.7 Å². The monoisotopic (exact) mass is 518 g/mol. The molecule has 3 heterocycles. The average Bonchev–Trinajstić information content (AvgIpc) is 3.32. The molecule has 1 unspecified atom stereocenters. The van der Waals surface area contributed by atoms with E-state index in [0.717, 1.165) is 66.7 Å². The van der Waals surface area contributed by atoms with Crippen LogP contribution in [0.3, 0.4) is 0 Å². The van der Waals surface area contributed by atoms with Crippen LogP contribution in [0.1, 0.15) is 46.3 Å². The molecule has 3 N–H and O–H groups in total. The summed E-state index contributed by atoms with van der Waals surface area (Å²) in [5.41, 5.74) is 5.91. The number of amides is 2. The van der Waals surface area contributed by atoms with Gasteiger partial charge in [0.05, 0.1) is 23.9 Å². The van der Waals surface area contributed by atoms with Crippen molar-refractivity contribution < 1.29 is 24.2 Å². The Morgan fingerprint density at radius 3 is 2.84 bits per heavy atom. The Hall–Kier alpha value is -3.69. The number of nitrogens with zero attached hydrogens (tertiary/aromatic N) is 2. The summed E-state index contributed by atoms with van der Waals surface area (Å²) in [5.74, 6) is -0.206. The molecule has 2 aromatic heterocycles. The summed E-state index contributed by atoms with van der Waals surface area (Å²) in [6.45, 7) is 1.91. The van der Waals surface area contributed by atoms with E-state index in [1.54, 1.807) is 6.20 Å². The lowest BCUT2D eigenvalue weighted by Gasteiger charge is -2.23. The van der Waals surface area contributed by atoms with E-state index in [1.165, 1.54) is 0 Å². The highest BCUT2D eigenvalue weighted by molar-refractivity contribution is 5.98. The van der Waals surface area contributed by atoms with Crippen LogP contribution in [-0.2, 0) is 35.3 Å². The number of aryl methyl sites for hydroxylation is 1. The fraction of sp³-hybridized carbons (Fsp3) is 0.414. The van der Waals surface area contributed by atoms with Crippen LogP contribution in [-0.4, -0.2) is 58.7 Å². The number of aromatic nitrogens is 2. The minimum atomic E-state index is -1.12. The zero-order valence-corrected chi connectivity index (χ0v) is 21.4. The summed E-state index contributed by atoms with van der Waals surface area (Å²) in [6, 6.07) is 11.3. The molecule has 0 bridgehead atoms. The number of carbonyl (C=O) groups is 2. The number of benzene rings is 1. The molecule has 1 fully saturated rings. The number of hydrogen-bond acceptors (Lipinski definition) is 5. The van der Waals surface area contributed by atoms with E-state index in [4.69, 9.17) is 14.6 Å². The van der Waals surface area contributed by atoms with Gasteiger partial charge >= 0.3 is 6.09 Å². The molecule has 1 aromatic carbocycles. The maximum atomic E-state index is 13.6. The smallest absolute Gasteiger partial charge is 0.404 e. The number of rotatable bonds is 10. The number of carboxylic acid groups (broad SMARTS) is 1. The Balaban J connectivity index is 1.38. The molecule has 5 rings (SSSR count). The van der Waals surface area contributed by atoms with Crippen molar-refractivity contribution in [1.29, 1.82) is 0 Å². The fourth-order valence-electron chi connectivity index (χ4n) is 5.33. The molecule has 9 nitrogen and oxygen atoms in total. The molecule has 2 aliphatic rings. The van der Waals surface area contributed by atoms with Gasteiger partial charge in [-0.15, -0.1) is 0 Å². The van der Waals surface area contributed by atoms with E-state index in [0.29, 0.717) is 25.1 Å². The molecule has 2 atom stereocenters. The number of pyridine rings is 1. The average molecular weight is 519 g/mol. The molecule has 0 saturated carbocycles. The number of hydrogen-bond donors (Lipinski definition) is 3. The van der Waals surface area contributed by atoms with Crippen LogP contribution in [0.4, 0.5) is 4.79 Å². The lowest BCUT2D eigenvalue weighted by Crippen LogP contribution is -2.44. The number of nitrogens with one attached hydrogen (secondary N) is 2.